The van der Waals surface area contributed by atoms with Gasteiger partial charge < -0.3 is 14.2 Å². The lowest BCUT2D eigenvalue weighted by Gasteiger charge is -2.24. The van der Waals surface area contributed by atoms with Crippen LogP contribution in [0.25, 0.3) is 0 Å². The molecule has 0 radical (unpaired) electrons. The van der Waals surface area contributed by atoms with Gasteiger partial charge in [0.1, 0.15) is 6.61 Å². The largest absolute Gasteiger partial charge is 0.468 e. The second-order valence-electron chi connectivity index (χ2n) is 5.39. The molecule has 0 N–H and O–H groups in total. The molecular weight excluding hydrogens is 336 g/mol. The third-order valence-electron chi connectivity index (χ3n) is 3.56. The fraction of sp³-hybridized carbons (Fsp3) is 0.350. The Morgan fingerprint density at radius 1 is 1.04 bits per heavy atom. The Morgan fingerprint density at radius 3 is 2.19 bits per heavy atom. The normalized spacial score (nSPS) is 10.6. The summed E-state index contributed by atoms with van der Waals surface area (Å²) in [6.45, 7) is 1.34. The van der Waals surface area contributed by atoms with Gasteiger partial charge in [0, 0.05) is 18.9 Å². The molecule has 0 saturated heterocycles. The fourth-order valence-electron chi connectivity index (χ4n) is 2.19. The molecule has 1 rings (SSSR count). The molecule has 0 aromatic heterocycles. The Bertz CT molecular complexity index is 693. The van der Waals surface area contributed by atoms with Crippen molar-refractivity contribution in [2.75, 3.05) is 20.8 Å². The van der Waals surface area contributed by atoms with Gasteiger partial charge in [-0.15, -0.1) is 0 Å². The predicted octanol–water partition coefficient (Wildman–Crippen LogP) is 2.27. The molecule has 6 nitrogen and oxygen atoms in total. The number of hydrogen-bond acceptors (Lipinski definition) is 6. The number of carbonyl (C=O) groups excluding carboxylic acids is 3. The SMILES string of the molecule is COC(=O)C(CC#Cc1ccccc1)(C/C=C\COC(C)=O)C(=O)OC. The van der Waals surface area contributed by atoms with Crippen molar-refractivity contribution in [3.63, 3.8) is 0 Å². The molecule has 1 aromatic carbocycles. The lowest BCUT2D eigenvalue weighted by molar-refractivity contribution is -0.168. The van der Waals surface area contributed by atoms with E-state index in [1.54, 1.807) is 12.2 Å². The molecule has 6 heteroatoms. The molecule has 0 aliphatic carbocycles. The van der Waals surface area contributed by atoms with E-state index < -0.39 is 23.3 Å². The van der Waals surface area contributed by atoms with Crippen LogP contribution in [0.1, 0.15) is 25.3 Å². The predicted molar refractivity (Wildman–Crippen MR) is 94.8 cm³/mol. The summed E-state index contributed by atoms with van der Waals surface area (Å²) in [6, 6.07) is 9.20. The Kier molecular flexibility index (Phi) is 8.65. The zero-order chi connectivity index (χ0) is 19.4. The average Bonchev–Trinajstić information content (AvgIpc) is 2.65. The molecular formula is C20H22O6. The van der Waals surface area contributed by atoms with E-state index in [4.69, 9.17) is 14.2 Å². The molecule has 0 atom stereocenters. The van der Waals surface area contributed by atoms with Crippen molar-refractivity contribution < 1.29 is 28.6 Å². The van der Waals surface area contributed by atoms with Crippen LogP contribution in [0.4, 0.5) is 0 Å². The standard InChI is InChI=1S/C20H22O6/c1-16(21)26-15-8-7-13-20(18(22)24-2,19(23)25-3)14-9-12-17-10-5-4-6-11-17/h4-8,10-11H,13-15H2,1-3H3/b8-7-. The number of hydrogen-bond donors (Lipinski definition) is 0. The Morgan fingerprint density at radius 2 is 1.65 bits per heavy atom. The molecule has 0 spiro atoms. The zero-order valence-corrected chi connectivity index (χ0v) is 15.1. The second kappa shape index (κ2) is 10.7. The number of benzene rings is 1. The summed E-state index contributed by atoms with van der Waals surface area (Å²) < 4.78 is 14.4. The first-order valence-electron chi connectivity index (χ1n) is 7.95. The highest BCUT2D eigenvalue weighted by atomic mass is 16.5. The number of allylic oxidation sites excluding steroid dienone is 1. The molecule has 0 heterocycles. The molecule has 138 valence electrons. The van der Waals surface area contributed by atoms with Crippen molar-refractivity contribution in [2.24, 2.45) is 5.41 Å². The number of methoxy groups -OCH3 is 2. The van der Waals surface area contributed by atoms with E-state index in [9.17, 15) is 14.4 Å². The Labute approximate surface area is 153 Å². The number of esters is 3. The molecule has 26 heavy (non-hydrogen) atoms. The monoisotopic (exact) mass is 358 g/mol. The zero-order valence-electron chi connectivity index (χ0n) is 15.1. The molecule has 0 amide bonds. The smallest absolute Gasteiger partial charge is 0.324 e. The first-order valence-corrected chi connectivity index (χ1v) is 7.95. The fourth-order valence-corrected chi connectivity index (χ4v) is 2.19. The van der Waals surface area contributed by atoms with Gasteiger partial charge in [-0.05, 0) is 18.6 Å². The lowest BCUT2D eigenvalue weighted by atomic mass is 9.81. The first-order chi connectivity index (χ1) is 12.5. The highest BCUT2D eigenvalue weighted by Gasteiger charge is 2.47. The van der Waals surface area contributed by atoms with Gasteiger partial charge in [-0.2, -0.15) is 0 Å². The van der Waals surface area contributed by atoms with E-state index in [-0.39, 0.29) is 19.4 Å². The number of rotatable bonds is 7. The maximum Gasteiger partial charge on any atom is 0.324 e. The van der Waals surface area contributed by atoms with E-state index in [2.05, 4.69) is 11.8 Å². The van der Waals surface area contributed by atoms with Crippen molar-refractivity contribution in [1.82, 2.24) is 0 Å². The van der Waals surface area contributed by atoms with Crippen LogP contribution >= 0.6 is 0 Å². The summed E-state index contributed by atoms with van der Waals surface area (Å²) in [5.74, 6) is 3.89. The molecule has 0 fully saturated rings. The van der Waals surface area contributed by atoms with Gasteiger partial charge in [-0.1, -0.05) is 42.2 Å². The van der Waals surface area contributed by atoms with E-state index >= 15 is 0 Å². The molecule has 1 aromatic rings. The summed E-state index contributed by atoms with van der Waals surface area (Å²) in [5.41, 5.74) is -0.820. The van der Waals surface area contributed by atoms with Crippen LogP contribution in [0, 0.1) is 17.3 Å². The Hall–Kier alpha value is -3.07. The molecule has 0 aliphatic rings. The third kappa shape index (κ3) is 6.10. The van der Waals surface area contributed by atoms with Gasteiger partial charge >= 0.3 is 17.9 Å². The summed E-state index contributed by atoms with van der Waals surface area (Å²) in [5, 5.41) is 0. The Balaban J connectivity index is 3.02. The van der Waals surface area contributed by atoms with Gasteiger partial charge in [-0.25, -0.2) is 0 Å². The summed E-state index contributed by atoms with van der Waals surface area (Å²) >= 11 is 0. The third-order valence-corrected chi connectivity index (χ3v) is 3.56. The first kappa shape index (κ1) is 21.0. The van der Waals surface area contributed by atoms with Crippen molar-refractivity contribution >= 4 is 17.9 Å². The van der Waals surface area contributed by atoms with Crippen LogP contribution < -0.4 is 0 Å². The van der Waals surface area contributed by atoms with Crippen molar-refractivity contribution in [1.29, 1.82) is 0 Å². The van der Waals surface area contributed by atoms with Gasteiger partial charge in [0.2, 0.25) is 0 Å². The second-order valence-corrected chi connectivity index (χ2v) is 5.39. The van der Waals surface area contributed by atoms with Gasteiger partial charge in [-0.3, -0.25) is 14.4 Å². The topological polar surface area (TPSA) is 78.9 Å². The number of ether oxygens (including phenoxy) is 3. The van der Waals surface area contributed by atoms with E-state index in [0.29, 0.717) is 0 Å². The lowest BCUT2D eigenvalue weighted by Crippen LogP contribution is -2.40. The maximum absolute atomic E-state index is 12.3. The van der Waals surface area contributed by atoms with Crippen LogP contribution in [-0.2, 0) is 28.6 Å². The van der Waals surface area contributed by atoms with Gasteiger partial charge in [0.05, 0.1) is 14.2 Å². The van der Waals surface area contributed by atoms with Crippen LogP contribution in [0.2, 0.25) is 0 Å². The summed E-state index contributed by atoms with van der Waals surface area (Å²) in [7, 11) is 2.40. The van der Waals surface area contributed by atoms with E-state index in [0.717, 1.165) is 5.56 Å². The number of carbonyl (C=O) groups is 3. The summed E-state index contributed by atoms with van der Waals surface area (Å²) in [6.07, 6.45) is 3.06. The highest BCUT2D eigenvalue weighted by molar-refractivity contribution is 6.00. The van der Waals surface area contributed by atoms with Crippen LogP contribution in [0.5, 0.6) is 0 Å². The van der Waals surface area contributed by atoms with Crippen LogP contribution in [0.15, 0.2) is 42.5 Å². The minimum atomic E-state index is -1.59. The average molecular weight is 358 g/mol. The quantitative estimate of drug-likeness (QED) is 0.245. The molecule has 0 aliphatic heterocycles. The van der Waals surface area contributed by atoms with Crippen molar-refractivity contribution in [3.05, 3.63) is 48.0 Å². The van der Waals surface area contributed by atoms with E-state index in [1.807, 2.05) is 30.3 Å². The van der Waals surface area contributed by atoms with E-state index in [1.165, 1.54) is 21.1 Å². The van der Waals surface area contributed by atoms with Crippen LogP contribution in [0.3, 0.4) is 0 Å². The maximum atomic E-state index is 12.3. The molecule has 0 unspecified atom stereocenters. The van der Waals surface area contributed by atoms with Gasteiger partial charge in [0.15, 0.2) is 5.41 Å². The minimum Gasteiger partial charge on any atom is -0.468 e. The van der Waals surface area contributed by atoms with Gasteiger partial charge in [0.25, 0.3) is 0 Å². The minimum absolute atomic E-state index is 0.0110. The van der Waals surface area contributed by atoms with Crippen LogP contribution in [-0.4, -0.2) is 38.7 Å². The molecule has 0 bridgehead atoms. The van der Waals surface area contributed by atoms with Crippen molar-refractivity contribution in [3.8, 4) is 11.8 Å². The highest BCUT2D eigenvalue weighted by Crippen LogP contribution is 2.30. The van der Waals surface area contributed by atoms with Crippen molar-refractivity contribution in [2.45, 2.75) is 19.8 Å². The summed E-state index contributed by atoms with van der Waals surface area (Å²) in [4.78, 5) is 35.4. The molecule has 0 saturated carbocycles.